The van der Waals surface area contributed by atoms with E-state index in [4.69, 9.17) is 4.74 Å². The van der Waals surface area contributed by atoms with Gasteiger partial charge >= 0.3 is 0 Å². The quantitative estimate of drug-likeness (QED) is 0.663. The summed E-state index contributed by atoms with van der Waals surface area (Å²) < 4.78 is 6.64. The highest BCUT2D eigenvalue weighted by Crippen LogP contribution is 2.57. The number of hydrogen-bond acceptors (Lipinski definition) is 4. The molecule has 3 unspecified atom stereocenters. The van der Waals surface area contributed by atoms with Gasteiger partial charge in [-0.05, 0) is 55.4 Å². The summed E-state index contributed by atoms with van der Waals surface area (Å²) >= 11 is 3.37. The van der Waals surface area contributed by atoms with Crippen molar-refractivity contribution in [2.24, 2.45) is 5.92 Å². The molecule has 23 heavy (non-hydrogen) atoms. The van der Waals surface area contributed by atoms with E-state index in [0.29, 0.717) is 12.3 Å². The van der Waals surface area contributed by atoms with E-state index >= 15 is 0 Å². The first kappa shape index (κ1) is 18.5. The largest absolute Gasteiger partial charge is 0.496 e. The summed E-state index contributed by atoms with van der Waals surface area (Å²) in [6, 6.07) is 8.13. The molecule has 0 aromatic heterocycles. The van der Waals surface area contributed by atoms with Crippen LogP contribution in [-0.4, -0.2) is 30.3 Å². The van der Waals surface area contributed by atoms with Crippen LogP contribution in [0.4, 0.5) is 0 Å². The zero-order chi connectivity index (χ0) is 17.0. The Hall–Kier alpha value is -0.840. The van der Waals surface area contributed by atoms with Crippen molar-refractivity contribution in [3.63, 3.8) is 0 Å². The van der Waals surface area contributed by atoms with Gasteiger partial charge in [-0.3, -0.25) is 0 Å². The van der Waals surface area contributed by atoms with Crippen LogP contribution in [0, 0.1) is 5.92 Å². The molecule has 0 amide bonds. The predicted octanol–water partition coefficient (Wildman–Crippen LogP) is 5.06. The van der Waals surface area contributed by atoms with Crippen LogP contribution in [-0.2, 0) is 0 Å². The molecular weight excluding hydrogens is 324 g/mol. The van der Waals surface area contributed by atoms with Crippen LogP contribution in [0.25, 0.3) is 0 Å². The van der Waals surface area contributed by atoms with Crippen LogP contribution >= 0.6 is 23.5 Å². The SMILES string of the molecule is C=C(C)CC(O)(C=C(SC)SC)C1CC1c1ccccc1OC. The number of benzene rings is 1. The molecule has 0 spiro atoms. The van der Waals surface area contributed by atoms with E-state index in [0.717, 1.165) is 22.0 Å². The van der Waals surface area contributed by atoms with Crippen LogP contribution in [0.2, 0.25) is 0 Å². The molecule has 1 fully saturated rings. The van der Waals surface area contributed by atoms with E-state index in [9.17, 15) is 5.11 Å². The summed E-state index contributed by atoms with van der Waals surface area (Å²) in [4.78, 5) is 0. The Balaban J connectivity index is 2.29. The maximum absolute atomic E-state index is 11.3. The Labute approximate surface area is 148 Å². The first-order valence-electron chi connectivity index (χ1n) is 7.75. The van der Waals surface area contributed by atoms with Gasteiger partial charge in [-0.15, -0.1) is 30.1 Å². The molecule has 0 radical (unpaired) electrons. The molecule has 1 aliphatic carbocycles. The van der Waals surface area contributed by atoms with Crippen molar-refractivity contribution in [1.29, 1.82) is 0 Å². The molecule has 0 bridgehead atoms. The van der Waals surface area contributed by atoms with E-state index in [1.807, 2.05) is 43.7 Å². The number of ether oxygens (including phenoxy) is 1. The standard InChI is InChI=1S/C19H26O2S2/c1-13(2)11-19(20,12-18(22-4)23-5)16-10-15(16)14-8-6-7-9-17(14)21-3/h6-9,12,15-16,20H,1,10-11H2,2-5H3. The summed E-state index contributed by atoms with van der Waals surface area (Å²) in [5.74, 6) is 1.47. The molecule has 0 saturated heterocycles. The van der Waals surface area contributed by atoms with E-state index in [1.54, 1.807) is 30.6 Å². The Kier molecular flexibility index (Phi) is 6.29. The van der Waals surface area contributed by atoms with Crippen LogP contribution in [0.15, 0.2) is 46.7 Å². The van der Waals surface area contributed by atoms with E-state index < -0.39 is 5.60 Å². The van der Waals surface area contributed by atoms with Gasteiger partial charge in [0.25, 0.3) is 0 Å². The maximum Gasteiger partial charge on any atom is 0.122 e. The van der Waals surface area contributed by atoms with Crippen molar-refractivity contribution < 1.29 is 9.84 Å². The highest BCUT2D eigenvalue weighted by Gasteiger charge is 2.52. The van der Waals surface area contributed by atoms with Crippen LogP contribution in [0.1, 0.15) is 31.2 Å². The van der Waals surface area contributed by atoms with Gasteiger partial charge in [0.2, 0.25) is 0 Å². The molecule has 1 aromatic carbocycles. The third-order valence-corrected chi connectivity index (χ3v) is 6.37. The normalized spacial score (nSPS) is 22.1. The van der Waals surface area contributed by atoms with Crippen LogP contribution in [0.3, 0.4) is 0 Å². The Morgan fingerprint density at radius 1 is 1.39 bits per heavy atom. The minimum atomic E-state index is -0.835. The fraction of sp³-hybridized carbons (Fsp3) is 0.474. The van der Waals surface area contributed by atoms with Crippen molar-refractivity contribution >= 4 is 23.5 Å². The van der Waals surface area contributed by atoms with E-state index in [1.165, 1.54) is 5.56 Å². The second-order valence-electron chi connectivity index (χ2n) is 6.19. The lowest BCUT2D eigenvalue weighted by Crippen LogP contribution is -2.30. The summed E-state index contributed by atoms with van der Waals surface area (Å²) in [7, 11) is 1.70. The van der Waals surface area contributed by atoms with Crippen molar-refractivity contribution in [3.8, 4) is 5.75 Å². The average Bonchev–Trinajstić information content (AvgIpc) is 3.33. The summed E-state index contributed by atoms with van der Waals surface area (Å²) in [5.41, 5.74) is 1.37. The van der Waals surface area contributed by atoms with Crippen LogP contribution in [0.5, 0.6) is 5.75 Å². The smallest absolute Gasteiger partial charge is 0.122 e. The second-order valence-corrected chi connectivity index (χ2v) is 8.14. The number of thioether (sulfide) groups is 2. The van der Waals surface area contributed by atoms with Gasteiger partial charge in [0, 0.05) is 10.7 Å². The van der Waals surface area contributed by atoms with Gasteiger partial charge in [-0.25, -0.2) is 0 Å². The average molecular weight is 351 g/mol. The monoisotopic (exact) mass is 350 g/mol. The molecule has 3 atom stereocenters. The molecule has 2 nitrogen and oxygen atoms in total. The van der Waals surface area contributed by atoms with E-state index in [2.05, 4.69) is 12.6 Å². The summed E-state index contributed by atoms with van der Waals surface area (Å²) in [6.45, 7) is 6.00. The van der Waals surface area contributed by atoms with Gasteiger partial charge in [0.15, 0.2) is 0 Å². The predicted molar refractivity (Wildman–Crippen MR) is 103 cm³/mol. The first-order valence-corrected chi connectivity index (χ1v) is 10.2. The number of methoxy groups -OCH3 is 1. The molecule has 1 saturated carbocycles. The van der Waals surface area contributed by atoms with Crippen molar-refractivity contribution in [3.05, 3.63) is 52.3 Å². The minimum Gasteiger partial charge on any atom is -0.496 e. The van der Waals surface area contributed by atoms with Gasteiger partial charge < -0.3 is 9.84 Å². The fourth-order valence-corrected chi connectivity index (χ4v) is 4.55. The highest BCUT2D eigenvalue weighted by molar-refractivity contribution is 8.21. The number of rotatable bonds is 8. The topological polar surface area (TPSA) is 29.5 Å². The van der Waals surface area contributed by atoms with E-state index in [-0.39, 0.29) is 5.92 Å². The minimum absolute atomic E-state index is 0.213. The molecule has 0 heterocycles. The lowest BCUT2D eigenvalue weighted by molar-refractivity contribution is 0.0657. The van der Waals surface area contributed by atoms with Crippen molar-refractivity contribution in [2.45, 2.75) is 31.3 Å². The molecule has 1 aromatic rings. The number of para-hydroxylation sites is 1. The summed E-state index contributed by atoms with van der Waals surface area (Å²) in [6.07, 6.45) is 7.73. The Morgan fingerprint density at radius 3 is 2.61 bits per heavy atom. The van der Waals surface area contributed by atoms with Gasteiger partial charge in [-0.1, -0.05) is 23.8 Å². The third-order valence-electron chi connectivity index (χ3n) is 4.33. The molecule has 2 rings (SSSR count). The fourth-order valence-electron chi connectivity index (χ4n) is 3.24. The van der Waals surface area contributed by atoms with Gasteiger partial charge in [0.05, 0.1) is 12.7 Å². The highest BCUT2D eigenvalue weighted by atomic mass is 32.2. The lowest BCUT2D eigenvalue weighted by Gasteiger charge is -2.27. The third kappa shape index (κ3) is 4.37. The molecule has 1 N–H and O–H groups in total. The molecular formula is C19H26O2S2. The van der Waals surface area contributed by atoms with Gasteiger partial charge in [-0.2, -0.15) is 0 Å². The Morgan fingerprint density at radius 2 is 2.04 bits per heavy atom. The molecule has 1 aliphatic rings. The molecule has 4 heteroatoms. The van der Waals surface area contributed by atoms with Gasteiger partial charge in [0.1, 0.15) is 5.75 Å². The zero-order valence-electron chi connectivity index (χ0n) is 14.3. The molecule has 0 aliphatic heterocycles. The Bertz CT molecular complexity index is 591. The summed E-state index contributed by atoms with van der Waals surface area (Å²) in [5, 5.41) is 11.3. The first-order chi connectivity index (χ1) is 10.9. The maximum atomic E-state index is 11.3. The van der Waals surface area contributed by atoms with Crippen molar-refractivity contribution in [1.82, 2.24) is 0 Å². The second kappa shape index (κ2) is 7.82. The molecule has 126 valence electrons. The van der Waals surface area contributed by atoms with Crippen LogP contribution < -0.4 is 4.74 Å². The lowest BCUT2D eigenvalue weighted by atomic mass is 9.88. The number of hydrogen-bond donors (Lipinski definition) is 1. The number of aliphatic hydroxyl groups is 1. The zero-order valence-corrected chi connectivity index (χ0v) is 16.0. The van der Waals surface area contributed by atoms with Crippen molar-refractivity contribution in [2.75, 3.05) is 19.6 Å².